The van der Waals surface area contributed by atoms with Crippen LogP contribution in [0.25, 0.3) is 33.4 Å². The average molecular weight is 1180 g/mol. The summed E-state index contributed by atoms with van der Waals surface area (Å²) >= 11 is 14.9. The van der Waals surface area contributed by atoms with E-state index in [2.05, 4.69) is 143 Å². The average Bonchev–Trinajstić information content (AvgIpc) is 3.32. The number of methoxy groups -OCH3 is 2. The van der Waals surface area contributed by atoms with Gasteiger partial charge >= 0.3 is 11.9 Å². The maximum absolute atomic E-state index is 12.6. The van der Waals surface area contributed by atoms with E-state index in [0.717, 1.165) is 135 Å². The highest BCUT2D eigenvalue weighted by Gasteiger charge is 2.34. The highest BCUT2D eigenvalue weighted by atomic mass is 79.9. The number of aliphatic carboxylic acids is 1. The molecule has 8 rings (SSSR count). The van der Waals surface area contributed by atoms with E-state index in [9.17, 15) is 9.59 Å². The third kappa shape index (κ3) is 10.9. The quantitative estimate of drug-likeness (QED) is 0.0790. The molecule has 0 N–H and O–H groups in total. The summed E-state index contributed by atoms with van der Waals surface area (Å²) in [7, 11) is 2.82. The highest BCUT2D eigenvalue weighted by molar-refractivity contribution is 9.11. The van der Waals surface area contributed by atoms with Crippen molar-refractivity contribution >= 4 is 98.3 Å². The van der Waals surface area contributed by atoms with Gasteiger partial charge in [0.05, 0.1) is 41.6 Å². The van der Waals surface area contributed by atoms with Crippen molar-refractivity contribution in [3.63, 3.8) is 0 Å². The van der Waals surface area contributed by atoms with Crippen LogP contribution in [0.4, 0.5) is 5.69 Å². The van der Waals surface area contributed by atoms with Gasteiger partial charge in [-0.3, -0.25) is 0 Å². The Labute approximate surface area is 430 Å². The minimum atomic E-state index is -1.08. The van der Waals surface area contributed by atoms with Crippen LogP contribution < -0.4 is 24.7 Å². The van der Waals surface area contributed by atoms with Crippen molar-refractivity contribution in [3.8, 4) is 33.9 Å². The van der Waals surface area contributed by atoms with E-state index >= 15 is 0 Å². The molecule has 5 aromatic rings. The van der Waals surface area contributed by atoms with E-state index in [1.54, 1.807) is 6.07 Å². The maximum Gasteiger partial charge on any atom is 0.338 e. The number of esters is 2. The normalized spacial score (nSPS) is 12.3. The molecule has 0 aromatic heterocycles. The molecule has 0 fully saturated rings. The molecule has 354 valence electrons. The number of anilines is 1. The number of benzene rings is 6. The molecule has 1 unspecified atom stereocenters. The van der Waals surface area contributed by atoms with Crippen LogP contribution in [-0.4, -0.2) is 58.3 Å². The van der Waals surface area contributed by atoms with Crippen molar-refractivity contribution in [1.82, 2.24) is 4.58 Å². The first kappa shape index (κ1) is 52.1. The molecule has 0 saturated carbocycles. The molecule has 1 atom stereocenters. The number of hydrogen-bond acceptors (Lipinski definition) is 9. The molecule has 0 saturated heterocycles. The van der Waals surface area contributed by atoms with E-state index in [0.29, 0.717) is 11.1 Å². The summed E-state index contributed by atoms with van der Waals surface area (Å²) in [6.07, 6.45) is 0. The monoisotopic (exact) mass is 1170 g/mol. The van der Waals surface area contributed by atoms with Gasteiger partial charge in [0.2, 0.25) is 5.36 Å². The predicted octanol–water partition coefficient (Wildman–Crippen LogP) is 12.8. The lowest BCUT2D eigenvalue weighted by molar-refractivity contribution is -0.302. The summed E-state index contributed by atoms with van der Waals surface area (Å²) in [5.74, 6) is 0.388. The lowest BCUT2D eigenvalue weighted by Crippen LogP contribution is -2.30. The standard InChI is InChI=1S/C26H25Br2NO3.C26H24Br2NO3.C2H4O2/c2*1-5-29(6-2)22-14-24-19(13-21(22)28)25(16-9-7-8-10-17(16)26(30)31-4)18-12-20(27)15(3)11-23(18)32-24;1-2(3)4/h7-14,25H,5-6H2,1-4H3;7-14H,5-6H2,1-4H3;1H3,(H,3,4)/q;+1;/p-1. The van der Waals surface area contributed by atoms with Crippen molar-refractivity contribution in [2.24, 2.45) is 0 Å². The van der Waals surface area contributed by atoms with Gasteiger partial charge in [0.1, 0.15) is 35.9 Å². The van der Waals surface area contributed by atoms with Crippen LogP contribution in [0.3, 0.4) is 0 Å². The molecular formula is C54H52Br4N2O8. The van der Waals surface area contributed by atoms with Crippen LogP contribution in [0.2, 0.25) is 0 Å². The van der Waals surface area contributed by atoms with Crippen LogP contribution >= 0.6 is 63.7 Å². The molecule has 0 amide bonds. The summed E-state index contributed by atoms with van der Waals surface area (Å²) in [4.78, 5) is 36.4. The SMILES string of the molecule is CC(=O)[O-].CCN(CC)c1cc2c(cc1Br)C(c1ccccc1C(=O)OC)c1cc(Br)c(C)cc1O2.CC[N+](CC)=c1cc2oc3cc(C)c(Br)cc3c(-c3ccccc3C(=O)OC)c-2cc1Br. The maximum atomic E-state index is 12.6. The molecule has 68 heavy (non-hydrogen) atoms. The molecule has 10 nitrogen and oxygen atoms in total. The van der Waals surface area contributed by atoms with Gasteiger partial charge in [0, 0.05) is 72.1 Å². The first-order valence-corrected chi connectivity index (χ1v) is 25.2. The van der Waals surface area contributed by atoms with Crippen LogP contribution in [0, 0.1) is 13.8 Å². The highest BCUT2D eigenvalue weighted by Crippen LogP contribution is 2.52. The summed E-state index contributed by atoms with van der Waals surface area (Å²) in [6.45, 7) is 17.2. The zero-order chi connectivity index (χ0) is 49.6. The second-order valence-electron chi connectivity index (χ2n) is 15.8. The number of hydrogen-bond donors (Lipinski definition) is 0. The number of carboxylic acid groups (broad SMARTS) is 1. The second-order valence-corrected chi connectivity index (χ2v) is 19.3. The lowest BCUT2D eigenvalue weighted by atomic mass is 9.80. The van der Waals surface area contributed by atoms with Gasteiger partial charge in [-0.25, -0.2) is 14.2 Å². The van der Waals surface area contributed by atoms with Crippen molar-refractivity contribution in [1.29, 1.82) is 0 Å². The van der Waals surface area contributed by atoms with Crippen LogP contribution in [0.5, 0.6) is 11.5 Å². The minimum absolute atomic E-state index is 0.178. The molecule has 0 radical (unpaired) electrons. The first-order valence-electron chi connectivity index (χ1n) is 22.0. The van der Waals surface area contributed by atoms with Gasteiger partial charge in [0.25, 0.3) is 0 Å². The number of aryl methyl sites for hydroxylation is 2. The van der Waals surface area contributed by atoms with Crippen molar-refractivity contribution in [2.75, 3.05) is 45.3 Å². The fraction of sp³-hybridized carbons (Fsp3) is 0.259. The molecular weight excluding hydrogens is 1120 g/mol. The lowest BCUT2D eigenvalue weighted by Gasteiger charge is -2.32. The van der Waals surface area contributed by atoms with Crippen molar-refractivity contribution in [2.45, 2.75) is 54.4 Å². The summed E-state index contributed by atoms with van der Waals surface area (Å²) < 4.78 is 29.3. The Hall–Kier alpha value is -5.28. The van der Waals surface area contributed by atoms with Crippen molar-refractivity contribution in [3.05, 3.63) is 159 Å². The van der Waals surface area contributed by atoms with Gasteiger partial charge in [-0.05, 0) is 151 Å². The molecule has 2 heterocycles. The van der Waals surface area contributed by atoms with Crippen molar-refractivity contribution < 1.29 is 38.1 Å². The fourth-order valence-corrected chi connectivity index (χ4v) is 10.3. The van der Waals surface area contributed by atoms with Gasteiger partial charge in [-0.1, -0.05) is 68.3 Å². The number of ether oxygens (including phenoxy) is 3. The Morgan fingerprint density at radius 3 is 1.82 bits per heavy atom. The fourth-order valence-electron chi connectivity index (χ4n) is 8.44. The summed E-state index contributed by atoms with van der Waals surface area (Å²) in [5.41, 5.74) is 10.7. The molecule has 0 bridgehead atoms. The van der Waals surface area contributed by atoms with Gasteiger partial charge in [-0.2, -0.15) is 0 Å². The zero-order valence-corrected chi connectivity index (χ0v) is 45.7. The Morgan fingerprint density at radius 1 is 0.662 bits per heavy atom. The van der Waals surface area contributed by atoms with E-state index < -0.39 is 5.97 Å². The summed E-state index contributed by atoms with van der Waals surface area (Å²) in [6, 6.07) is 31.8. The third-order valence-corrected chi connectivity index (χ3v) is 14.7. The minimum Gasteiger partial charge on any atom is -0.550 e. The smallest absolute Gasteiger partial charge is 0.338 e. The zero-order valence-electron chi connectivity index (χ0n) is 39.3. The molecule has 14 heteroatoms. The second kappa shape index (κ2) is 22.9. The number of nitrogens with zero attached hydrogens (tertiary/aromatic N) is 2. The number of fused-ring (bicyclic) bond motifs is 4. The number of halogens is 4. The Balaban J connectivity index is 0.000000208. The topological polar surface area (TPSA) is 121 Å². The van der Waals surface area contributed by atoms with Crippen LogP contribution in [0.15, 0.2) is 119 Å². The summed E-state index contributed by atoms with van der Waals surface area (Å²) in [5, 5.41) is 10.9. The Kier molecular flexibility index (Phi) is 17.5. The molecule has 1 aliphatic carbocycles. The number of carbonyl (C=O) groups excluding carboxylic acids is 3. The van der Waals surface area contributed by atoms with Crippen LogP contribution in [-0.2, 0) is 14.3 Å². The van der Waals surface area contributed by atoms with Crippen LogP contribution in [0.1, 0.15) is 89.1 Å². The van der Waals surface area contributed by atoms with Gasteiger partial charge < -0.3 is 33.4 Å². The largest absolute Gasteiger partial charge is 0.550 e. The molecule has 0 spiro atoms. The number of carboxylic acids is 1. The van der Waals surface area contributed by atoms with Gasteiger partial charge in [0.15, 0.2) is 0 Å². The number of carbonyl (C=O) groups is 3. The van der Waals surface area contributed by atoms with Gasteiger partial charge in [-0.15, -0.1) is 0 Å². The first-order chi connectivity index (χ1) is 32.5. The molecule has 2 aliphatic heterocycles. The third-order valence-electron chi connectivity index (χ3n) is 11.8. The number of rotatable bonds is 9. The van der Waals surface area contributed by atoms with E-state index in [4.69, 9.17) is 28.5 Å². The predicted molar refractivity (Wildman–Crippen MR) is 282 cm³/mol. The van der Waals surface area contributed by atoms with E-state index in [1.165, 1.54) is 14.2 Å². The van der Waals surface area contributed by atoms with E-state index in [1.807, 2.05) is 62.4 Å². The molecule has 3 aliphatic rings. The van der Waals surface area contributed by atoms with E-state index in [-0.39, 0.29) is 17.9 Å². The Morgan fingerprint density at radius 2 is 1.21 bits per heavy atom. The molecule has 5 aromatic carbocycles. The Bertz CT molecular complexity index is 3080.